The summed E-state index contributed by atoms with van der Waals surface area (Å²) in [5, 5.41) is 0. The molecule has 0 saturated carbocycles. The van der Waals surface area contributed by atoms with Crippen LogP contribution in [0, 0.1) is 5.92 Å². The molecule has 0 aliphatic heterocycles. The molecule has 0 bridgehead atoms. The molecule has 3 N–H and O–H groups in total. The Morgan fingerprint density at radius 1 is 1.18 bits per heavy atom. The van der Waals surface area contributed by atoms with Gasteiger partial charge in [-0.15, -0.1) is 0 Å². The summed E-state index contributed by atoms with van der Waals surface area (Å²) in [6.07, 6.45) is -3.98. The Kier molecular flexibility index (Phi) is 5.64. The van der Waals surface area contributed by atoms with Crippen molar-refractivity contribution in [2.24, 2.45) is 11.7 Å². The number of halogens is 3. The fraction of sp³-hybridized carbons (Fsp3) is 0.571. The number of alkyl halides is 3. The average molecular weight is 338 g/mol. The molecule has 1 aromatic carbocycles. The van der Waals surface area contributed by atoms with E-state index in [2.05, 4.69) is 4.72 Å². The summed E-state index contributed by atoms with van der Waals surface area (Å²) in [4.78, 5) is -0.219. The Morgan fingerprint density at radius 2 is 1.68 bits per heavy atom. The van der Waals surface area contributed by atoms with Crippen molar-refractivity contribution in [1.82, 2.24) is 4.72 Å². The Morgan fingerprint density at radius 3 is 2.05 bits per heavy atom. The zero-order chi connectivity index (χ0) is 17.2. The van der Waals surface area contributed by atoms with E-state index >= 15 is 0 Å². The van der Waals surface area contributed by atoms with Gasteiger partial charge in [-0.25, -0.2) is 13.1 Å². The van der Waals surface area contributed by atoms with Gasteiger partial charge in [-0.05, 0) is 43.5 Å². The Bertz CT molecular complexity index is 598. The van der Waals surface area contributed by atoms with Crippen molar-refractivity contribution in [2.45, 2.75) is 43.8 Å². The van der Waals surface area contributed by atoms with E-state index in [1.807, 2.05) is 13.8 Å². The monoisotopic (exact) mass is 338 g/mol. The first-order valence-corrected chi connectivity index (χ1v) is 8.29. The lowest BCUT2D eigenvalue weighted by Gasteiger charge is -2.30. The Labute approximate surface area is 128 Å². The van der Waals surface area contributed by atoms with Crippen LogP contribution in [0.5, 0.6) is 0 Å². The molecule has 126 valence electrons. The number of sulfonamides is 1. The lowest BCUT2D eigenvalue weighted by Crippen LogP contribution is -2.51. The van der Waals surface area contributed by atoms with Crippen LogP contribution in [-0.4, -0.2) is 20.5 Å². The fourth-order valence-electron chi connectivity index (χ4n) is 2.27. The molecule has 1 atom stereocenters. The molecular weight excluding hydrogens is 317 g/mol. The number of nitrogens with two attached hydrogens (primary N) is 1. The van der Waals surface area contributed by atoms with E-state index in [0.29, 0.717) is 6.42 Å². The minimum Gasteiger partial charge on any atom is -0.329 e. The molecule has 0 heterocycles. The van der Waals surface area contributed by atoms with Crippen LogP contribution in [0.3, 0.4) is 0 Å². The van der Waals surface area contributed by atoms with E-state index in [4.69, 9.17) is 5.73 Å². The van der Waals surface area contributed by atoms with Crippen LogP contribution in [-0.2, 0) is 16.2 Å². The highest BCUT2D eigenvalue weighted by Crippen LogP contribution is 2.30. The SMILES string of the molecule is CC(C)CC(C)(CN)NS(=O)(=O)c1ccc(C(F)(F)F)cc1. The average Bonchev–Trinajstić information content (AvgIpc) is 2.36. The third-order valence-electron chi connectivity index (χ3n) is 3.18. The summed E-state index contributed by atoms with van der Waals surface area (Å²) in [5.41, 5.74) is 3.90. The van der Waals surface area contributed by atoms with Crippen molar-refractivity contribution in [3.63, 3.8) is 0 Å². The predicted molar refractivity (Wildman–Crippen MR) is 78.7 cm³/mol. The molecule has 0 aromatic heterocycles. The Balaban J connectivity index is 3.04. The number of benzene rings is 1. The molecule has 0 aliphatic carbocycles. The zero-order valence-electron chi connectivity index (χ0n) is 12.7. The molecule has 0 spiro atoms. The second-order valence-electron chi connectivity index (χ2n) is 5.99. The fourth-order valence-corrected chi connectivity index (χ4v) is 3.70. The molecule has 1 aromatic rings. The van der Waals surface area contributed by atoms with Crippen LogP contribution >= 0.6 is 0 Å². The van der Waals surface area contributed by atoms with Crippen molar-refractivity contribution < 1.29 is 21.6 Å². The lowest BCUT2D eigenvalue weighted by molar-refractivity contribution is -0.137. The molecule has 0 aliphatic rings. The van der Waals surface area contributed by atoms with Crippen molar-refractivity contribution >= 4 is 10.0 Å². The molecule has 4 nitrogen and oxygen atoms in total. The highest BCUT2D eigenvalue weighted by molar-refractivity contribution is 7.89. The largest absolute Gasteiger partial charge is 0.416 e. The zero-order valence-corrected chi connectivity index (χ0v) is 13.6. The second kappa shape index (κ2) is 6.55. The first-order chi connectivity index (χ1) is 9.89. The van der Waals surface area contributed by atoms with Crippen LogP contribution in [0.25, 0.3) is 0 Å². The first kappa shape index (κ1) is 18.9. The molecule has 22 heavy (non-hydrogen) atoms. The lowest BCUT2D eigenvalue weighted by atomic mass is 9.92. The number of hydrogen-bond acceptors (Lipinski definition) is 3. The van der Waals surface area contributed by atoms with Crippen molar-refractivity contribution in [3.8, 4) is 0 Å². The van der Waals surface area contributed by atoms with Gasteiger partial charge < -0.3 is 5.73 Å². The predicted octanol–water partition coefficient (Wildman–Crippen LogP) is 2.75. The van der Waals surface area contributed by atoms with Crippen LogP contribution in [0.1, 0.15) is 32.8 Å². The maximum absolute atomic E-state index is 12.5. The normalized spacial score (nSPS) is 15.8. The van der Waals surface area contributed by atoms with Crippen LogP contribution in [0.15, 0.2) is 29.2 Å². The van der Waals surface area contributed by atoms with Gasteiger partial charge in [-0.3, -0.25) is 0 Å². The van der Waals surface area contributed by atoms with E-state index in [1.54, 1.807) is 6.92 Å². The third-order valence-corrected chi connectivity index (χ3v) is 4.84. The molecule has 0 fully saturated rings. The van der Waals surface area contributed by atoms with Gasteiger partial charge in [0.25, 0.3) is 0 Å². The summed E-state index contributed by atoms with van der Waals surface area (Å²) in [5.74, 6) is 0.212. The molecule has 0 radical (unpaired) electrons. The van der Waals surface area contributed by atoms with E-state index in [9.17, 15) is 21.6 Å². The van der Waals surface area contributed by atoms with Crippen molar-refractivity contribution in [3.05, 3.63) is 29.8 Å². The van der Waals surface area contributed by atoms with Crippen LogP contribution in [0.4, 0.5) is 13.2 Å². The number of rotatable bonds is 6. The van der Waals surface area contributed by atoms with Gasteiger partial charge in [0.1, 0.15) is 0 Å². The van der Waals surface area contributed by atoms with Crippen molar-refractivity contribution in [2.75, 3.05) is 6.54 Å². The van der Waals surface area contributed by atoms with Gasteiger partial charge in [0.15, 0.2) is 0 Å². The standard InChI is InChI=1S/C14H21F3N2O2S/c1-10(2)8-13(3,9-18)19-22(20,21)12-6-4-11(5-7-12)14(15,16)17/h4-7,10,19H,8-9,18H2,1-3H3. The maximum Gasteiger partial charge on any atom is 0.416 e. The summed E-state index contributed by atoms with van der Waals surface area (Å²) in [7, 11) is -3.94. The van der Waals surface area contributed by atoms with Gasteiger partial charge in [0.05, 0.1) is 10.5 Å². The minimum absolute atomic E-state index is 0.0883. The molecule has 0 amide bonds. The Hall–Kier alpha value is -1.12. The van der Waals surface area contributed by atoms with Gasteiger partial charge in [-0.2, -0.15) is 13.2 Å². The molecule has 8 heteroatoms. The molecule has 1 rings (SSSR count). The summed E-state index contributed by atoms with van der Waals surface area (Å²) in [6.45, 7) is 5.63. The summed E-state index contributed by atoms with van der Waals surface area (Å²) in [6, 6.07) is 3.38. The summed E-state index contributed by atoms with van der Waals surface area (Å²) < 4.78 is 64.6. The van der Waals surface area contributed by atoms with Gasteiger partial charge in [0.2, 0.25) is 10.0 Å². The van der Waals surface area contributed by atoms with Crippen LogP contribution < -0.4 is 10.5 Å². The highest BCUT2D eigenvalue weighted by Gasteiger charge is 2.32. The van der Waals surface area contributed by atoms with Gasteiger partial charge >= 0.3 is 6.18 Å². The summed E-state index contributed by atoms with van der Waals surface area (Å²) >= 11 is 0. The smallest absolute Gasteiger partial charge is 0.329 e. The quantitative estimate of drug-likeness (QED) is 0.838. The maximum atomic E-state index is 12.5. The van der Waals surface area contributed by atoms with E-state index in [-0.39, 0.29) is 17.4 Å². The minimum atomic E-state index is -4.50. The molecule has 0 saturated heterocycles. The first-order valence-electron chi connectivity index (χ1n) is 6.81. The van der Waals surface area contributed by atoms with Crippen LogP contribution in [0.2, 0.25) is 0 Å². The van der Waals surface area contributed by atoms with Gasteiger partial charge in [0, 0.05) is 12.1 Å². The van der Waals surface area contributed by atoms with Gasteiger partial charge in [-0.1, -0.05) is 13.8 Å². The van der Waals surface area contributed by atoms with E-state index in [0.717, 1.165) is 24.3 Å². The molecular formula is C14H21F3N2O2S. The third kappa shape index (κ3) is 4.96. The number of hydrogen-bond donors (Lipinski definition) is 2. The second-order valence-corrected chi connectivity index (χ2v) is 7.67. The van der Waals surface area contributed by atoms with E-state index in [1.165, 1.54) is 0 Å². The topological polar surface area (TPSA) is 72.2 Å². The number of nitrogens with one attached hydrogen (secondary N) is 1. The molecule has 1 unspecified atom stereocenters. The highest BCUT2D eigenvalue weighted by atomic mass is 32.2. The van der Waals surface area contributed by atoms with Crippen molar-refractivity contribution in [1.29, 1.82) is 0 Å². The van der Waals surface area contributed by atoms with E-state index < -0.39 is 27.3 Å².